The number of benzene rings is 2. The molecule has 0 saturated heterocycles. The second kappa shape index (κ2) is 8.40. The molecular formula is C26H22N4O. The topological polar surface area (TPSA) is 51.0 Å². The number of amides is 1. The van der Waals surface area contributed by atoms with Crippen LogP contribution in [0.5, 0.6) is 0 Å². The van der Waals surface area contributed by atoms with Crippen molar-refractivity contribution in [3.05, 3.63) is 108 Å². The first-order chi connectivity index (χ1) is 15.3. The molecular weight excluding hydrogens is 384 g/mol. The summed E-state index contributed by atoms with van der Waals surface area (Å²) in [5, 5.41) is 4.77. The van der Waals surface area contributed by atoms with Gasteiger partial charge < -0.3 is 4.90 Å². The van der Waals surface area contributed by atoms with Gasteiger partial charge >= 0.3 is 0 Å². The highest BCUT2D eigenvalue weighted by molar-refractivity contribution is 5.93. The van der Waals surface area contributed by atoms with E-state index in [1.165, 1.54) is 11.1 Å². The Morgan fingerprint density at radius 2 is 1.74 bits per heavy atom. The molecule has 0 fully saturated rings. The summed E-state index contributed by atoms with van der Waals surface area (Å²) in [5.74, 6) is 0.0131. The van der Waals surface area contributed by atoms with E-state index in [1.54, 1.807) is 18.5 Å². The van der Waals surface area contributed by atoms with E-state index in [-0.39, 0.29) is 5.91 Å². The van der Waals surface area contributed by atoms with Gasteiger partial charge in [-0.15, -0.1) is 0 Å². The van der Waals surface area contributed by atoms with E-state index in [0.29, 0.717) is 6.54 Å². The lowest BCUT2D eigenvalue weighted by Gasteiger charge is -2.27. The monoisotopic (exact) mass is 406 g/mol. The molecule has 1 aliphatic rings. The molecule has 0 N–H and O–H groups in total. The molecule has 31 heavy (non-hydrogen) atoms. The van der Waals surface area contributed by atoms with Gasteiger partial charge in [0.1, 0.15) is 5.69 Å². The molecule has 5 nitrogen and oxygen atoms in total. The summed E-state index contributed by atoms with van der Waals surface area (Å²) in [6, 6.07) is 22.1. The Kier molecular flexibility index (Phi) is 5.15. The first kappa shape index (κ1) is 19.0. The maximum atomic E-state index is 12.9. The fourth-order valence-corrected chi connectivity index (χ4v) is 3.90. The van der Waals surface area contributed by atoms with E-state index in [0.717, 1.165) is 35.5 Å². The number of carbonyl (C=O) groups excluding carboxylic acids is 1. The molecule has 0 saturated carbocycles. The molecule has 2 aromatic heterocycles. The van der Waals surface area contributed by atoms with E-state index in [1.807, 2.05) is 70.4 Å². The molecule has 0 aliphatic carbocycles. The van der Waals surface area contributed by atoms with Crippen molar-refractivity contribution in [2.24, 2.45) is 0 Å². The standard InChI is InChI=1S/C26H22N4O/c31-25(29-16-14-20-7-4-5-8-22(20)18-29)13-12-23-19-30(24-10-2-1-3-11-24)28-26(23)21-9-6-15-27-17-21/h1-13,15,17,19H,14,16,18H2. The van der Waals surface area contributed by atoms with E-state index >= 15 is 0 Å². The molecule has 0 unspecified atom stereocenters. The predicted octanol–water partition coefficient (Wildman–Crippen LogP) is 4.53. The Bertz CT molecular complexity index is 1230. The van der Waals surface area contributed by atoms with Gasteiger partial charge in [-0.3, -0.25) is 9.78 Å². The van der Waals surface area contributed by atoms with Gasteiger partial charge in [0, 0.05) is 48.9 Å². The molecule has 1 aliphatic heterocycles. The van der Waals surface area contributed by atoms with Gasteiger partial charge in [0.15, 0.2) is 0 Å². The molecule has 1 amide bonds. The molecule has 5 heteroatoms. The third-order valence-electron chi connectivity index (χ3n) is 5.55. The summed E-state index contributed by atoms with van der Waals surface area (Å²) in [6.07, 6.45) is 9.89. The zero-order valence-electron chi connectivity index (χ0n) is 17.1. The Balaban J connectivity index is 1.43. The van der Waals surface area contributed by atoms with Crippen molar-refractivity contribution < 1.29 is 4.79 Å². The fourth-order valence-electron chi connectivity index (χ4n) is 3.90. The summed E-state index contributed by atoms with van der Waals surface area (Å²) >= 11 is 0. The molecule has 0 atom stereocenters. The number of nitrogens with zero attached hydrogens (tertiary/aromatic N) is 4. The zero-order valence-corrected chi connectivity index (χ0v) is 17.1. The van der Waals surface area contributed by atoms with Crippen LogP contribution in [0.3, 0.4) is 0 Å². The van der Waals surface area contributed by atoms with Gasteiger partial charge in [0.05, 0.1) is 5.69 Å². The average Bonchev–Trinajstić information content (AvgIpc) is 3.28. The number of hydrogen-bond donors (Lipinski definition) is 0. The lowest BCUT2D eigenvalue weighted by atomic mass is 10.00. The van der Waals surface area contributed by atoms with Gasteiger partial charge in [0.2, 0.25) is 5.91 Å². The summed E-state index contributed by atoms with van der Waals surface area (Å²) in [4.78, 5) is 19.0. The summed E-state index contributed by atoms with van der Waals surface area (Å²) in [6.45, 7) is 1.39. The Morgan fingerprint density at radius 3 is 2.55 bits per heavy atom. The third-order valence-corrected chi connectivity index (χ3v) is 5.55. The van der Waals surface area contributed by atoms with Crippen molar-refractivity contribution in [2.45, 2.75) is 13.0 Å². The minimum absolute atomic E-state index is 0.0131. The Labute approximate surface area is 181 Å². The molecule has 4 aromatic rings. The van der Waals surface area contributed by atoms with Crippen LogP contribution in [0.2, 0.25) is 0 Å². The van der Waals surface area contributed by atoms with Gasteiger partial charge in [0.25, 0.3) is 0 Å². The SMILES string of the molecule is O=C(C=Cc1cn(-c2ccccc2)nc1-c1cccnc1)N1CCc2ccccc2C1. The highest BCUT2D eigenvalue weighted by Crippen LogP contribution is 2.25. The maximum absolute atomic E-state index is 12.9. The first-order valence-electron chi connectivity index (χ1n) is 10.4. The van der Waals surface area contributed by atoms with Crippen LogP contribution in [-0.2, 0) is 17.8 Å². The van der Waals surface area contributed by atoms with Crippen LogP contribution in [-0.4, -0.2) is 32.1 Å². The second-order valence-corrected chi connectivity index (χ2v) is 7.57. The van der Waals surface area contributed by atoms with Gasteiger partial charge in [-0.25, -0.2) is 4.68 Å². The number of carbonyl (C=O) groups is 1. The molecule has 0 spiro atoms. The molecule has 152 valence electrons. The summed E-state index contributed by atoms with van der Waals surface area (Å²) < 4.78 is 1.84. The van der Waals surface area contributed by atoms with Crippen LogP contribution < -0.4 is 0 Å². The van der Waals surface area contributed by atoms with Gasteiger partial charge in [-0.05, 0) is 47.9 Å². The number of pyridine rings is 1. The average molecular weight is 406 g/mol. The number of para-hydroxylation sites is 1. The molecule has 2 aromatic carbocycles. The van der Waals surface area contributed by atoms with Crippen LogP contribution in [0.15, 0.2) is 91.4 Å². The van der Waals surface area contributed by atoms with Crippen LogP contribution in [0.4, 0.5) is 0 Å². The number of aromatic nitrogens is 3. The Morgan fingerprint density at radius 1 is 0.935 bits per heavy atom. The van der Waals surface area contributed by atoms with Crippen molar-refractivity contribution in [2.75, 3.05) is 6.54 Å². The smallest absolute Gasteiger partial charge is 0.246 e. The quantitative estimate of drug-likeness (QED) is 0.468. The van der Waals surface area contributed by atoms with Crippen molar-refractivity contribution >= 4 is 12.0 Å². The summed E-state index contributed by atoms with van der Waals surface area (Å²) in [5.41, 5.74) is 6.11. The number of fused-ring (bicyclic) bond motifs is 1. The van der Waals surface area contributed by atoms with Crippen LogP contribution in [0, 0.1) is 0 Å². The van der Waals surface area contributed by atoms with Gasteiger partial charge in [-0.2, -0.15) is 5.10 Å². The highest BCUT2D eigenvalue weighted by atomic mass is 16.2. The minimum atomic E-state index is 0.0131. The molecule has 5 rings (SSSR count). The van der Waals surface area contributed by atoms with E-state index in [4.69, 9.17) is 5.10 Å². The minimum Gasteiger partial charge on any atom is -0.334 e. The second-order valence-electron chi connectivity index (χ2n) is 7.57. The largest absolute Gasteiger partial charge is 0.334 e. The lowest BCUT2D eigenvalue weighted by molar-refractivity contribution is -0.126. The molecule has 0 bridgehead atoms. The van der Waals surface area contributed by atoms with Crippen LogP contribution in [0.25, 0.3) is 23.0 Å². The van der Waals surface area contributed by atoms with E-state index in [9.17, 15) is 4.79 Å². The van der Waals surface area contributed by atoms with Crippen molar-refractivity contribution in [1.29, 1.82) is 0 Å². The first-order valence-corrected chi connectivity index (χ1v) is 10.4. The van der Waals surface area contributed by atoms with E-state index in [2.05, 4.69) is 23.2 Å². The molecule has 3 heterocycles. The maximum Gasteiger partial charge on any atom is 0.246 e. The normalized spacial score (nSPS) is 13.4. The fraction of sp³-hybridized carbons (Fsp3) is 0.115. The zero-order chi connectivity index (χ0) is 21.0. The third kappa shape index (κ3) is 4.03. The van der Waals surface area contributed by atoms with Crippen LogP contribution in [0.1, 0.15) is 16.7 Å². The Hall–Kier alpha value is -3.99. The van der Waals surface area contributed by atoms with Crippen LogP contribution >= 0.6 is 0 Å². The van der Waals surface area contributed by atoms with Crippen molar-refractivity contribution in [3.63, 3.8) is 0 Å². The van der Waals surface area contributed by atoms with Crippen molar-refractivity contribution in [3.8, 4) is 16.9 Å². The van der Waals surface area contributed by atoms with Gasteiger partial charge in [-0.1, -0.05) is 42.5 Å². The van der Waals surface area contributed by atoms with E-state index < -0.39 is 0 Å². The summed E-state index contributed by atoms with van der Waals surface area (Å²) in [7, 11) is 0. The molecule has 0 radical (unpaired) electrons. The lowest BCUT2D eigenvalue weighted by Crippen LogP contribution is -2.34. The number of hydrogen-bond acceptors (Lipinski definition) is 3. The van der Waals surface area contributed by atoms with Crippen molar-refractivity contribution in [1.82, 2.24) is 19.7 Å². The highest BCUT2D eigenvalue weighted by Gasteiger charge is 2.19. The number of rotatable bonds is 4. The predicted molar refractivity (Wildman–Crippen MR) is 121 cm³/mol.